The highest BCUT2D eigenvalue weighted by atomic mass is 16.5. The van der Waals surface area contributed by atoms with Crippen molar-refractivity contribution in [3.8, 4) is 0 Å². The lowest BCUT2D eigenvalue weighted by Gasteiger charge is -2.31. The molecule has 0 bridgehead atoms. The molecular formula is C15H23N3O2. The zero-order valence-electron chi connectivity index (χ0n) is 12.3. The minimum Gasteiger partial charge on any atom is -0.383 e. The number of carbonyl (C=O) groups excluding carboxylic acids is 1. The summed E-state index contributed by atoms with van der Waals surface area (Å²) in [6.45, 7) is 4.41. The molecule has 0 aliphatic carbocycles. The molecule has 0 saturated carbocycles. The van der Waals surface area contributed by atoms with Gasteiger partial charge in [0.15, 0.2) is 0 Å². The third-order valence-corrected chi connectivity index (χ3v) is 3.68. The van der Waals surface area contributed by atoms with Gasteiger partial charge in [-0.1, -0.05) is 6.92 Å². The summed E-state index contributed by atoms with van der Waals surface area (Å²) in [6.07, 6.45) is 6.22. The Bertz CT molecular complexity index is 444. The van der Waals surface area contributed by atoms with Crippen molar-refractivity contribution in [3.05, 3.63) is 24.0 Å². The van der Waals surface area contributed by atoms with Crippen LogP contribution in [0.4, 0.5) is 5.69 Å². The molecule has 0 aromatic carbocycles. The van der Waals surface area contributed by atoms with E-state index in [1.54, 1.807) is 18.5 Å². The molecule has 0 radical (unpaired) electrons. The minimum absolute atomic E-state index is 0.0536. The summed E-state index contributed by atoms with van der Waals surface area (Å²) in [7, 11) is 1.88. The molecule has 0 unspecified atom stereocenters. The molecular weight excluding hydrogens is 254 g/mol. The Hall–Kier alpha value is -1.62. The molecule has 0 spiro atoms. The topological polar surface area (TPSA) is 54.5 Å². The van der Waals surface area contributed by atoms with Gasteiger partial charge in [0.25, 0.3) is 5.91 Å². The van der Waals surface area contributed by atoms with Gasteiger partial charge in [-0.05, 0) is 25.3 Å². The molecule has 1 aromatic rings. The lowest BCUT2D eigenvalue weighted by atomic mass is 10.1. The Kier molecular flexibility index (Phi) is 5.35. The Labute approximate surface area is 120 Å². The predicted octanol–water partition coefficient (Wildman–Crippen LogP) is 2.15. The summed E-state index contributed by atoms with van der Waals surface area (Å²) >= 11 is 0. The smallest absolute Gasteiger partial charge is 0.256 e. The second-order valence-electron chi connectivity index (χ2n) is 5.11. The van der Waals surface area contributed by atoms with E-state index in [4.69, 9.17) is 4.74 Å². The van der Waals surface area contributed by atoms with Crippen molar-refractivity contribution in [1.82, 2.24) is 9.88 Å². The van der Waals surface area contributed by atoms with E-state index >= 15 is 0 Å². The Morgan fingerprint density at radius 1 is 1.50 bits per heavy atom. The van der Waals surface area contributed by atoms with Gasteiger partial charge in [0.1, 0.15) is 0 Å². The number of hydrogen-bond donors (Lipinski definition) is 1. The van der Waals surface area contributed by atoms with Crippen LogP contribution < -0.4 is 5.32 Å². The maximum absolute atomic E-state index is 12.6. The van der Waals surface area contributed by atoms with Gasteiger partial charge in [0.05, 0.1) is 17.4 Å². The highest BCUT2D eigenvalue weighted by Crippen LogP contribution is 2.20. The molecule has 5 heteroatoms. The van der Waals surface area contributed by atoms with Crippen molar-refractivity contribution in [3.63, 3.8) is 0 Å². The van der Waals surface area contributed by atoms with E-state index in [0.717, 1.165) is 44.7 Å². The molecule has 110 valence electrons. The normalized spacial score (nSPS) is 15.9. The number of aromatic nitrogens is 1. The zero-order valence-corrected chi connectivity index (χ0v) is 12.3. The quantitative estimate of drug-likeness (QED) is 0.896. The van der Waals surface area contributed by atoms with Gasteiger partial charge in [-0.15, -0.1) is 0 Å². The number of anilines is 1. The molecule has 1 amide bonds. The van der Waals surface area contributed by atoms with Gasteiger partial charge in [0.2, 0.25) is 0 Å². The lowest BCUT2D eigenvalue weighted by Crippen LogP contribution is -2.40. The Morgan fingerprint density at radius 2 is 2.25 bits per heavy atom. The maximum Gasteiger partial charge on any atom is 0.256 e. The fourth-order valence-corrected chi connectivity index (χ4v) is 2.41. The van der Waals surface area contributed by atoms with Crippen LogP contribution in [0.1, 0.15) is 36.5 Å². The average Bonchev–Trinajstić information content (AvgIpc) is 2.52. The van der Waals surface area contributed by atoms with Crippen LogP contribution >= 0.6 is 0 Å². The van der Waals surface area contributed by atoms with Crippen molar-refractivity contribution in [2.45, 2.75) is 32.2 Å². The van der Waals surface area contributed by atoms with Gasteiger partial charge >= 0.3 is 0 Å². The summed E-state index contributed by atoms with van der Waals surface area (Å²) in [4.78, 5) is 18.6. The van der Waals surface area contributed by atoms with Gasteiger partial charge in [-0.3, -0.25) is 9.78 Å². The molecule has 1 saturated heterocycles. The van der Waals surface area contributed by atoms with E-state index in [9.17, 15) is 4.79 Å². The first-order valence-corrected chi connectivity index (χ1v) is 7.26. The highest BCUT2D eigenvalue weighted by molar-refractivity contribution is 5.99. The SMILES string of the molecule is CCCNc1cnccc1C(=O)N(C)C1CCOCC1. The molecule has 0 atom stereocenters. The molecule has 1 aromatic heterocycles. The van der Waals surface area contributed by atoms with Gasteiger partial charge in [-0.25, -0.2) is 0 Å². The first-order chi connectivity index (χ1) is 9.74. The summed E-state index contributed by atoms with van der Waals surface area (Å²) in [5.41, 5.74) is 1.51. The van der Waals surface area contributed by atoms with Crippen LogP contribution in [0.25, 0.3) is 0 Å². The molecule has 2 rings (SSSR count). The van der Waals surface area contributed by atoms with Crippen LogP contribution in [0.3, 0.4) is 0 Å². The van der Waals surface area contributed by atoms with Crippen molar-refractivity contribution in [1.29, 1.82) is 0 Å². The van der Waals surface area contributed by atoms with Crippen LogP contribution in [0.5, 0.6) is 0 Å². The third kappa shape index (κ3) is 3.48. The highest BCUT2D eigenvalue weighted by Gasteiger charge is 2.24. The maximum atomic E-state index is 12.6. The van der Waals surface area contributed by atoms with E-state index in [1.165, 1.54) is 0 Å². The van der Waals surface area contributed by atoms with Gasteiger partial charge in [-0.2, -0.15) is 0 Å². The molecule has 1 aliphatic rings. The molecule has 20 heavy (non-hydrogen) atoms. The Balaban J connectivity index is 2.11. The number of amides is 1. The van der Waals surface area contributed by atoms with E-state index < -0.39 is 0 Å². The number of nitrogens with one attached hydrogen (secondary N) is 1. The molecule has 2 heterocycles. The summed E-state index contributed by atoms with van der Waals surface area (Å²) in [5, 5.41) is 3.27. The van der Waals surface area contributed by atoms with E-state index in [-0.39, 0.29) is 11.9 Å². The average molecular weight is 277 g/mol. The van der Waals surface area contributed by atoms with Crippen LogP contribution in [-0.2, 0) is 4.74 Å². The lowest BCUT2D eigenvalue weighted by molar-refractivity contribution is 0.0362. The monoisotopic (exact) mass is 277 g/mol. The fraction of sp³-hybridized carbons (Fsp3) is 0.600. The van der Waals surface area contributed by atoms with Crippen molar-refractivity contribution in [2.75, 3.05) is 32.1 Å². The first kappa shape index (κ1) is 14.8. The summed E-state index contributed by atoms with van der Waals surface area (Å²) < 4.78 is 5.35. The van der Waals surface area contributed by atoms with E-state index in [1.807, 2.05) is 11.9 Å². The standard InChI is InChI=1S/C15H23N3O2/c1-3-7-17-14-11-16-8-4-13(14)15(19)18(2)12-5-9-20-10-6-12/h4,8,11-12,17H,3,5-7,9-10H2,1-2H3. The molecule has 1 N–H and O–H groups in total. The third-order valence-electron chi connectivity index (χ3n) is 3.68. The van der Waals surface area contributed by atoms with Crippen LogP contribution in [0.15, 0.2) is 18.5 Å². The van der Waals surface area contributed by atoms with Gasteiger partial charge in [0, 0.05) is 39.0 Å². The van der Waals surface area contributed by atoms with Crippen LogP contribution in [0.2, 0.25) is 0 Å². The number of rotatable bonds is 5. The van der Waals surface area contributed by atoms with E-state index in [2.05, 4.69) is 17.2 Å². The minimum atomic E-state index is 0.0536. The number of nitrogens with zero attached hydrogens (tertiary/aromatic N) is 2. The fourth-order valence-electron chi connectivity index (χ4n) is 2.41. The van der Waals surface area contributed by atoms with Crippen molar-refractivity contribution < 1.29 is 9.53 Å². The molecule has 1 aliphatic heterocycles. The van der Waals surface area contributed by atoms with Crippen LogP contribution in [-0.4, -0.2) is 48.6 Å². The van der Waals surface area contributed by atoms with Crippen LogP contribution in [0, 0.1) is 0 Å². The zero-order chi connectivity index (χ0) is 14.4. The molecule has 1 fully saturated rings. The van der Waals surface area contributed by atoms with Crippen molar-refractivity contribution in [2.24, 2.45) is 0 Å². The number of hydrogen-bond acceptors (Lipinski definition) is 4. The summed E-state index contributed by atoms with van der Waals surface area (Å²) in [5.74, 6) is 0.0536. The second-order valence-corrected chi connectivity index (χ2v) is 5.11. The number of pyridine rings is 1. The largest absolute Gasteiger partial charge is 0.383 e. The van der Waals surface area contributed by atoms with E-state index in [0.29, 0.717) is 5.56 Å². The van der Waals surface area contributed by atoms with Gasteiger partial charge < -0.3 is 15.0 Å². The number of ether oxygens (including phenoxy) is 1. The second kappa shape index (κ2) is 7.24. The van der Waals surface area contributed by atoms with Crippen molar-refractivity contribution >= 4 is 11.6 Å². The predicted molar refractivity (Wildman–Crippen MR) is 79.0 cm³/mol. The first-order valence-electron chi connectivity index (χ1n) is 7.26. The summed E-state index contributed by atoms with van der Waals surface area (Å²) in [6, 6.07) is 2.05. The number of carbonyl (C=O) groups is 1. The Morgan fingerprint density at radius 3 is 2.95 bits per heavy atom. The molecule has 5 nitrogen and oxygen atoms in total.